The summed E-state index contributed by atoms with van der Waals surface area (Å²) in [7, 11) is 0. The van der Waals surface area contributed by atoms with Crippen molar-refractivity contribution < 1.29 is 14.0 Å². The van der Waals surface area contributed by atoms with Crippen LogP contribution in [0.4, 0.5) is 4.39 Å². The standard InChI is InChI=1S/C22H25FN2O2S/c1-15(2)25-20(26)13-28-19-6-4-3-5-18(19)21(27)24-14-22(11-12-22)16-7-9-17(23)10-8-16/h3-10,15H,11-14H2,1-2H3,(H,24,27)(H,25,26). The van der Waals surface area contributed by atoms with E-state index in [2.05, 4.69) is 10.6 Å². The van der Waals surface area contributed by atoms with Crippen molar-refractivity contribution in [2.75, 3.05) is 12.3 Å². The smallest absolute Gasteiger partial charge is 0.252 e. The summed E-state index contributed by atoms with van der Waals surface area (Å²) in [4.78, 5) is 25.4. The molecule has 1 aliphatic carbocycles. The fraction of sp³-hybridized carbons (Fsp3) is 0.364. The van der Waals surface area contributed by atoms with Crippen LogP contribution in [-0.2, 0) is 10.2 Å². The van der Waals surface area contributed by atoms with Crippen LogP contribution < -0.4 is 10.6 Å². The minimum atomic E-state index is -0.254. The lowest BCUT2D eigenvalue weighted by atomic mass is 9.96. The van der Waals surface area contributed by atoms with E-state index in [4.69, 9.17) is 0 Å². The Hall–Kier alpha value is -2.34. The molecule has 0 atom stereocenters. The van der Waals surface area contributed by atoms with Crippen LogP contribution in [0, 0.1) is 5.82 Å². The first-order chi connectivity index (χ1) is 13.4. The van der Waals surface area contributed by atoms with Crippen LogP contribution in [0.15, 0.2) is 53.4 Å². The highest BCUT2D eigenvalue weighted by atomic mass is 32.2. The first-order valence-electron chi connectivity index (χ1n) is 9.45. The SMILES string of the molecule is CC(C)NC(=O)CSc1ccccc1C(=O)NCC1(c2ccc(F)cc2)CC1. The van der Waals surface area contributed by atoms with Crippen molar-refractivity contribution in [1.29, 1.82) is 0 Å². The van der Waals surface area contributed by atoms with Crippen molar-refractivity contribution in [3.63, 3.8) is 0 Å². The number of amides is 2. The molecule has 0 heterocycles. The lowest BCUT2D eigenvalue weighted by Gasteiger charge is -2.17. The van der Waals surface area contributed by atoms with Gasteiger partial charge < -0.3 is 10.6 Å². The van der Waals surface area contributed by atoms with Crippen LogP contribution in [0.2, 0.25) is 0 Å². The van der Waals surface area contributed by atoms with Gasteiger partial charge in [0, 0.05) is 22.9 Å². The maximum atomic E-state index is 13.2. The lowest BCUT2D eigenvalue weighted by molar-refractivity contribution is -0.119. The van der Waals surface area contributed by atoms with E-state index in [1.807, 2.05) is 32.0 Å². The minimum absolute atomic E-state index is 0.0524. The highest BCUT2D eigenvalue weighted by Gasteiger charge is 2.44. The number of benzene rings is 2. The zero-order valence-corrected chi connectivity index (χ0v) is 16.9. The van der Waals surface area contributed by atoms with Gasteiger partial charge in [0.15, 0.2) is 0 Å². The number of rotatable bonds is 8. The van der Waals surface area contributed by atoms with Crippen LogP contribution in [0.3, 0.4) is 0 Å². The molecule has 0 radical (unpaired) electrons. The highest BCUT2D eigenvalue weighted by molar-refractivity contribution is 8.00. The fourth-order valence-electron chi connectivity index (χ4n) is 3.15. The Morgan fingerprint density at radius 1 is 1.11 bits per heavy atom. The van der Waals surface area contributed by atoms with E-state index >= 15 is 0 Å². The molecule has 4 nitrogen and oxygen atoms in total. The number of hydrogen-bond acceptors (Lipinski definition) is 3. The Bertz CT molecular complexity index is 848. The molecule has 3 rings (SSSR count). The molecule has 1 saturated carbocycles. The maximum absolute atomic E-state index is 13.2. The molecule has 148 valence electrons. The second-order valence-corrected chi connectivity index (χ2v) is 8.49. The van der Waals surface area contributed by atoms with Gasteiger partial charge in [0.2, 0.25) is 5.91 Å². The van der Waals surface area contributed by atoms with Crippen LogP contribution in [0.25, 0.3) is 0 Å². The van der Waals surface area contributed by atoms with Gasteiger partial charge in [0.05, 0.1) is 11.3 Å². The second kappa shape index (κ2) is 8.78. The molecule has 28 heavy (non-hydrogen) atoms. The molecule has 6 heteroatoms. The van der Waals surface area contributed by atoms with Gasteiger partial charge in [-0.05, 0) is 56.5 Å². The van der Waals surface area contributed by atoms with Gasteiger partial charge in [0.25, 0.3) is 5.91 Å². The summed E-state index contributed by atoms with van der Waals surface area (Å²) in [5.74, 6) is -0.192. The average Bonchev–Trinajstić information content (AvgIpc) is 3.46. The maximum Gasteiger partial charge on any atom is 0.252 e. The van der Waals surface area contributed by atoms with Crippen molar-refractivity contribution in [3.8, 4) is 0 Å². The van der Waals surface area contributed by atoms with Crippen molar-refractivity contribution in [1.82, 2.24) is 10.6 Å². The van der Waals surface area contributed by atoms with Crippen molar-refractivity contribution in [2.24, 2.45) is 0 Å². The molecule has 1 fully saturated rings. The molecule has 2 aromatic carbocycles. The van der Waals surface area contributed by atoms with Crippen molar-refractivity contribution in [3.05, 3.63) is 65.5 Å². The average molecular weight is 401 g/mol. The fourth-order valence-corrected chi connectivity index (χ4v) is 4.01. The number of carbonyl (C=O) groups excluding carboxylic acids is 2. The molecular formula is C22H25FN2O2S. The molecule has 2 N–H and O–H groups in total. The van der Waals surface area contributed by atoms with Gasteiger partial charge >= 0.3 is 0 Å². The molecule has 0 aromatic heterocycles. The third-order valence-corrected chi connectivity index (χ3v) is 5.91. The Balaban J connectivity index is 1.62. The Kier molecular flexibility index (Phi) is 6.39. The third-order valence-electron chi connectivity index (χ3n) is 4.84. The van der Waals surface area contributed by atoms with Gasteiger partial charge in [-0.3, -0.25) is 9.59 Å². The number of thioether (sulfide) groups is 1. The largest absolute Gasteiger partial charge is 0.353 e. The normalized spacial score (nSPS) is 14.6. The second-order valence-electron chi connectivity index (χ2n) is 7.48. The van der Waals surface area contributed by atoms with Crippen LogP contribution in [-0.4, -0.2) is 30.2 Å². The number of carbonyl (C=O) groups is 2. The van der Waals surface area contributed by atoms with Gasteiger partial charge in [-0.1, -0.05) is 24.3 Å². The summed E-state index contributed by atoms with van der Waals surface area (Å²) >= 11 is 1.36. The number of hydrogen-bond donors (Lipinski definition) is 2. The Morgan fingerprint density at radius 3 is 2.43 bits per heavy atom. The van der Waals surface area contributed by atoms with E-state index in [1.165, 1.54) is 23.9 Å². The summed E-state index contributed by atoms with van der Waals surface area (Å²) in [6, 6.07) is 13.9. The quantitative estimate of drug-likeness (QED) is 0.661. The van der Waals surface area contributed by atoms with E-state index in [-0.39, 0.29) is 34.8 Å². The Labute approximate surface area is 169 Å². The summed E-state index contributed by atoms with van der Waals surface area (Å²) in [6.45, 7) is 4.35. The zero-order chi connectivity index (χ0) is 20.1. The Morgan fingerprint density at radius 2 is 1.79 bits per heavy atom. The molecule has 0 spiro atoms. The predicted octanol–water partition coefficient (Wildman–Crippen LogP) is 3.90. The first-order valence-corrected chi connectivity index (χ1v) is 10.4. The van der Waals surface area contributed by atoms with Crippen LogP contribution in [0.1, 0.15) is 42.6 Å². The molecule has 2 aromatic rings. The lowest BCUT2D eigenvalue weighted by Crippen LogP contribution is -2.33. The van der Waals surface area contributed by atoms with Crippen molar-refractivity contribution >= 4 is 23.6 Å². The number of halogens is 1. The van der Waals surface area contributed by atoms with E-state index in [9.17, 15) is 14.0 Å². The molecule has 1 aliphatic rings. The van der Waals surface area contributed by atoms with Gasteiger partial charge in [-0.2, -0.15) is 0 Å². The molecule has 0 unspecified atom stereocenters. The van der Waals surface area contributed by atoms with Gasteiger partial charge in [0.1, 0.15) is 5.82 Å². The topological polar surface area (TPSA) is 58.2 Å². The van der Waals surface area contributed by atoms with Crippen LogP contribution >= 0.6 is 11.8 Å². The molecule has 0 saturated heterocycles. The van der Waals surface area contributed by atoms with Crippen LogP contribution in [0.5, 0.6) is 0 Å². The summed E-state index contributed by atoms with van der Waals surface area (Å²) in [5.41, 5.74) is 1.53. The molecule has 2 amide bonds. The van der Waals surface area contributed by atoms with E-state index in [1.54, 1.807) is 18.2 Å². The van der Waals surface area contributed by atoms with Gasteiger partial charge in [-0.25, -0.2) is 4.39 Å². The van der Waals surface area contributed by atoms with E-state index < -0.39 is 0 Å². The van der Waals surface area contributed by atoms with Gasteiger partial charge in [-0.15, -0.1) is 11.8 Å². The van der Waals surface area contributed by atoms with E-state index in [0.717, 1.165) is 23.3 Å². The predicted molar refractivity (Wildman–Crippen MR) is 110 cm³/mol. The molecular weight excluding hydrogens is 375 g/mol. The monoisotopic (exact) mass is 400 g/mol. The summed E-state index contributed by atoms with van der Waals surface area (Å²) < 4.78 is 13.2. The summed E-state index contributed by atoms with van der Waals surface area (Å²) in [6.07, 6.45) is 1.95. The number of nitrogens with one attached hydrogen (secondary N) is 2. The first kappa shape index (κ1) is 20.4. The molecule has 0 aliphatic heterocycles. The third kappa shape index (κ3) is 5.13. The summed E-state index contributed by atoms with van der Waals surface area (Å²) in [5, 5.41) is 5.88. The highest BCUT2D eigenvalue weighted by Crippen LogP contribution is 2.47. The van der Waals surface area contributed by atoms with Crippen molar-refractivity contribution in [2.45, 2.75) is 43.0 Å². The molecule has 0 bridgehead atoms. The minimum Gasteiger partial charge on any atom is -0.353 e. The van der Waals surface area contributed by atoms with E-state index in [0.29, 0.717) is 12.1 Å². The zero-order valence-electron chi connectivity index (χ0n) is 16.1.